The molecule has 6 nitrogen and oxygen atoms in total. The molecule has 3 rings (SSSR count). The highest BCUT2D eigenvalue weighted by atomic mass is 16.2. The van der Waals surface area contributed by atoms with Gasteiger partial charge in [0, 0.05) is 46.2 Å². The van der Waals surface area contributed by atoms with Crippen molar-refractivity contribution in [3.05, 3.63) is 35.4 Å². The lowest BCUT2D eigenvalue weighted by Crippen LogP contribution is -2.42. The highest BCUT2D eigenvalue weighted by molar-refractivity contribution is 5.79. The van der Waals surface area contributed by atoms with Crippen LogP contribution in [0.3, 0.4) is 0 Å². The summed E-state index contributed by atoms with van der Waals surface area (Å²) in [5.41, 5.74) is 2.43. The summed E-state index contributed by atoms with van der Waals surface area (Å²) in [4.78, 5) is 20.8. The van der Waals surface area contributed by atoms with E-state index < -0.39 is 0 Å². The first-order valence-corrected chi connectivity index (χ1v) is 10.3. The average molecular weight is 372 g/mol. The van der Waals surface area contributed by atoms with E-state index in [1.807, 2.05) is 18.0 Å². The molecule has 2 fully saturated rings. The van der Waals surface area contributed by atoms with Crippen molar-refractivity contribution < 1.29 is 4.79 Å². The van der Waals surface area contributed by atoms with Crippen molar-refractivity contribution in [2.75, 3.05) is 39.8 Å². The Labute approximate surface area is 163 Å². The van der Waals surface area contributed by atoms with Gasteiger partial charge in [-0.2, -0.15) is 0 Å². The normalized spacial score (nSPS) is 18.8. The summed E-state index contributed by atoms with van der Waals surface area (Å²) in [7, 11) is 1.81. The molecule has 148 valence electrons. The quantitative estimate of drug-likeness (QED) is 0.568. The van der Waals surface area contributed by atoms with Gasteiger partial charge in [-0.1, -0.05) is 30.7 Å². The van der Waals surface area contributed by atoms with E-state index in [1.165, 1.54) is 43.5 Å². The molecular weight excluding hydrogens is 338 g/mol. The number of piperidine rings is 1. The summed E-state index contributed by atoms with van der Waals surface area (Å²) < 4.78 is 0. The third-order valence-corrected chi connectivity index (χ3v) is 5.49. The van der Waals surface area contributed by atoms with Gasteiger partial charge in [-0.3, -0.25) is 9.79 Å². The zero-order valence-corrected chi connectivity index (χ0v) is 16.5. The van der Waals surface area contributed by atoms with E-state index in [9.17, 15) is 4.79 Å². The van der Waals surface area contributed by atoms with Crippen LogP contribution < -0.4 is 10.6 Å². The van der Waals surface area contributed by atoms with E-state index in [0.29, 0.717) is 19.5 Å². The topological polar surface area (TPSA) is 60.0 Å². The van der Waals surface area contributed by atoms with Crippen molar-refractivity contribution in [1.82, 2.24) is 20.4 Å². The molecule has 1 aromatic carbocycles. The molecule has 1 aromatic rings. The van der Waals surface area contributed by atoms with E-state index in [0.717, 1.165) is 32.0 Å². The molecule has 0 bridgehead atoms. The first-order chi connectivity index (χ1) is 13.3. The molecule has 2 aliphatic rings. The number of benzene rings is 1. The van der Waals surface area contributed by atoms with Crippen molar-refractivity contribution in [3.8, 4) is 0 Å². The summed E-state index contributed by atoms with van der Waals surface area (Å²) in [6, 6.07) is 8.35. The number of nitrogens with zero attached hydrogens (tertiary/aromatic N) is 3. The Hall–Kier alpha value is -2.08. The van der Waals surface area contributed by atoms with Crippen molar-refractivity contribution >= 4 is 11.9 Å². The molecule has 0 radical (unpaired) electrons. The van der Waals surface area contributed by atoms with Crippen molar-refractivity contribution in [2.45, 2.75) is 45.2 Å². The van der Waals surface area contributed by atoms with Gasteiger partial charge in [0.05, 0.1) is 0 Å². The standard InChI is InChI=1S/C21H33N5O/c1-22-21(23-11-15-25-12-5-2-6-13-25)24-16-18-8-3-4-9-19(18)17-26-14-7-10-20(26)27/h3-4,8-9H,2,5-7,10-17H2,1H3,(H2,22,23,24). The molecule has 1 amide bonds. The second-order valence-corrected chi connectivity index (χ2v) is 7.44. The minimum absolute atomic E-state index is 0.271. The van der Waals surface area contributed by atoms with Crippen LogP contribution in [0.5, 0.6) is 0 Å². The Morgan fingerprint density at radius 2 is 1.81 bits per heavy atom. The third kappa shape index (κ3) is 5.96. The molecule has 27 heavy (non-hydrogen) atoms. The molecule has 0 atom stereocenters. The summed E-state index contributed by atoms with van der Waals surface area (Å²) in [5, 5.41) is 6.84. The van der Waals surface area contributed by atoms with E-state index >= 15 is 0 Å². The zero-order chi connectivity index (χ0) is 18.9. The fraction of sp³-hybridized carbons (Fsp3) is 0.619. The van der Waals surface area contributed by atoms with Crippen molar-refractivity contribution in [2.24, 2.45) is 4.99 Å². The summed E-state index contributed by atoms with van der Waals surface area (Å²) >= 11 is 0. The summed E-state index contributed by atoms with van der Waals surface area (Å²) in [6.07, 6.45) is 5.68. The molecule has 0 aliphatic carbocycles. The van der Waals surface area contributed by atoms with Crippen LogP contribution in [0, 0.1) is 0 Å². The monoisotopic (exact) mass is 371 g/mol. The van der Waals surface area contributed by atoms with Gasteiger partial charge in [0.15, 0.2) is 5.96 Å². The van der Waals surface area contributed by atoms with Crippen LogP contribution in [0.1, 0.15) is 43.2 Å². The number of nitrogens with one attached hydrogen (secondary N) is 2. The molecule has 0 saturated carbocycles. The maximum atomic E-state index is 11.9. The van der Waals surface area contributed by atoms with Crippen LogP contribution in [-0.4, -0.2) is 61.4 Å². The van der Waals surface area contributed by atoms with Gasteiger partial charge >= 0.3 is 0 Å². The molecule has 0 spiro atoms. The second kappa shape index (κ2) is 10.3. The maximum absolute atomic E-state index is 11.9. The van der Waals surface area contributed by atoms with Gasteiger partial charge in [-0.05, 0) is 43.5 Å². The predicted octanol–water partition coefficient (Wildman–Crippen LogP) is 1.96. The zero-order valence-electron chi connectivity index (χ0n) is 16.5. The summed E-state index contributed by atoms with van der Waals surface area (Å²) in [5.74, 6) is 1.10. The number of amides is 1. The summed E-state index contributed by atoms with van der Waals surface area (Å²) in [6.45, 7) is 6.70. The van der Waals surface area contributed by atoms with Gasteiger partial charge in [0.2, 0.25) is 5.91 Å². The van der Waals surface area contributed by atoms with Crippen molar-refractivity contribution in [1.29, 1.82) is 0 Å². The van der Waals surface area contributed by atoms with Gasteiger partial charge in [-0.25, -0.2) is 0 Å². The van der Waals surface area contributed by atoms with E-state index in [1.54, 1.807) is 0 Å². The molecule has 0 aromatic heterocycles. The first kappa shape index (κ1) is 19.7. The number of aliphatic imine (C=N–C) groups is 1. The second-order valence-electron chi connectivity index (χ2n) is 7.44. The van der Waals surface area contributed by atoms with Gasteiger partial charge in [0.1, 0.15) is 0 Å². The van der Waals surface area contributed by atoms with Gasteiger partial charge in [0.25, 0.3) is 0 Å². The Bertz CT molecular complexity index is 639. The lowest BCUT2D eigenvalue weighted by Gasteiger charge is -2.26. The number of likely N-dealkylation sites (tertiary alicyclic amines) is 2. The molecular formula is C21H33N5O. The number of rotatable bonds is 7. The SMILES string of the molecule is CN=C(NCCN1CCCCC1)NCc1ccccc1CN1CCCC1=O. The lowest BCUT2D eigenvalue weighted by molar-refractivity contribution is -0.128. The van der Waals surface area contributed by atoms with E-state index in [-0.39, 0.29) is 5.91 Å². The Kier molecular flexibility index (Phi) is 7.51. The van der Waals surface area contributed by atoms with Crippen LogP contribution in [0.2, 0.25) is 0 Å². The number of carbonyl (C=O) groups excluding carboxylic acids is 1. The van der Waals surface area contributed by atoms with Crippen molar-refractivity contribution in [3.63, 3.8) is 0 Å². The van der Waals surface area contributed by atoms with Crippen LogP contribution in [0.25, 0.3) is 0 Å². The van der Waals surface area contributed by atoms with Crippen LogP contribution in [-0.2, 0) is 17.9 Å². The van der Waals surface area contributed by atoms with Crippen LogP contribution in [0.15, 0.2) is 29.3 Å². The predicted molar refractivity (Wildman–Crippen MR) is 110 cm³/mol. The van der Waals surface area contributed by atoms with Crippen LogP contribution in [0.4, 0.5) is 0 Å². The number of hydrogen-bond donors (Lipinski definition) is 2. The van der Waals surface area contributed by atoms with Gasteiger partial charge in [-0.15, -0.1) is 0 Å². The third-order valence-electron chi connectivity index (χ3n) is 5.49. The van der Waals surface area contributed by atoms with E-state index in [4.69, 9.17) is 0 Å². The van der Waals surface area contributed by atoms with E-state index in [2.05, 4.69) is 38.7 Å². The molecule has 2 heterocycles. The molecule has 2 saturated heterocycles. The highest BCUT2D eigenvalue weighted by Gasteiger charge is 2.20. The molecule has 2 N–H and O–H groups in total. The molecule has 0 unspecified atom stereocenters. The smallest absolute Gasteiger partial charge is 0.222 e. The molecule has 6 heteroatoms. The van der Waals surface area contributed by atoms with Crippen LogP contribution >= 0.6 is 0 Å². The lowest BCUT2D eigenvalue weighted by atomic mass is 10.1. The minimum atomic E-state index is 0.271. The Balaban J connectivity index is 1.47. The highest BCUT2D eigenvalue weighted by Crippen LogP contribution is 2.17. The molecule has 2 aliphatic heterocycles. The Morgan fingerprint density at radius 1 is 1.04 bits per heavy atom. The first-order valence-electron chi connectivity index (χ1n) is 10.3. The fourth-order valence-electron chi connectivity index (χ4n) is 3.88. The minimum Gasteiger partial charge on any atom is -0.355 e. The average Bonchev–Trinajstić information content (AvgIpc) is 3.11. The Morgan fingerprint density at radius 3 is 2.52 bits per heavy atom. The fourth-order valence-corrected chi connectivity index (χ4v) is 3.88. The van der Waals surface area contributed by atoms with Gasteiger partial charge < -0.3 is 20.4 Å². The number of guanidine groups is 1. The largest absolute Gasteiger partial charge is 0.355 e. The number of carbonyl (C=O) groups is 1. The number of hydrogen-bond acceptors (Lipinski definition) is 3. The maximum Gasteiger partial charge on any atom is 0.222 e.